The van der Waals surface area contributed by atoms with Gasteiger partial charge in [-0.25, -0.2) is 0 Å². The van der Waals surface area contributed by atoms with Crippen LogP contribution >= 0.6 is 0 Å². The summed E-state index contributed by atoms with van der Waals surface area (Å²) in [6, 6.07) is 0. The average Bonchev–Trinajstić information content (AvgIpc) is 0. The van der Waals surface area contributed by atoms with E-state index in [2.05, 4.69) is 0 Å². The summed E-state index contributed by atoms with van der Waals surface area (Å²) in [5, 5.41) is 0. The number of rotatable bonds is 0. The fourth-order valence-corrected chi connectivity index (χ4v) is 0. The van der Waals surface area contributed by atoms with E-state index in [1.54, 1.807) is 0 Å². The Hall–Kier alpha value is 1.30. The molecule has 0 aromatic carbocycles. The van der Waals surface area contributed by atoms with Crippen molar-refractivity contribution < 1.29 is 42.1 Å². The molecule has 0 aromatic rings. The summed E-state index contributed by atoms with van der Waals surface area (Å²) < 4.78 is 0. The van der Waals surface area contributed by atoms with E-state index < -0.39 is 0 Å². The van der Waals surface area contributed by atoms with Gasteiger partial charge in [0.15, 0.2) is 0 Å². The van der Waals surface area contributed by atoms with Gasteiger partial charge in [0.2, 0.25) is 0 Å². The van der Waals surface area contributed by atoms with Crippen LogP contribution in [0, 0.1) is 0 Å². The summed E-state index contributed by atoms with van der Waals surface area (Å²) in [6.07, 6.45) is 0. The minimum Gasteiger partial charge on any atom is -3.00 e. The Bertz CT molecular complexity index is 4.00. The molecule has 0 fully saturated rings. The van der Waals surface area contributed by atoms with E-state index in [0.29, 0.717) is 0 Å². The quantitative estimate of drug-likeness (QED) is 0.576. The van der Waals surface area contributed by atoms with Crippen LogP contribution in [0.3, 0.4) is 0 Å². The van der Waals surface area contributed by atoms with Crippen molar-refractivity contribution in [3.63, 3.8) is 0 Å². The first-order chi connectivity index (χ1) is 0. The average molecular weight is 396 g/mol. The van der Waals surface area contributed by atoms with Gasteiger partial charge in [-0.3, -0.25) is 0 Å². The Balaban J connectivity index is 0. The molecule has 22 valence electrons. The zero-order chi connectivity index (χ0) is 0. The molecule has 0 saturated carbocycles. The number of nitrogens with zero attached hydrogens (tertiary/aromatic N) is 2. The SMILES string of the molecule is [N-3].[N-3].[W+6].[W]. The summed E-state index contributed by atoms with van der Waals surface area (Å²) in [4.78, 5) is 0. The van der Waals surface area contributed by atoms with Crippen LogP contribution in [0.5, 0.6) is 0 Å². The molecule has 0 aliphatic rings. The van der Waals surface area contributed by atoms with E-state index in [1.165, 1.54) is 0 Å². The maximum absolute atomic E-state index is 0. The van der Waals surface area contributed by atoms with Gasteiger partial charge in [0, 0.05) is 21.1 Å². The van der Waals surface area contributed by atoms with Crippen molar-refractivity contribution in [1.29, 1.82) is 0 Å². The molecule has 4 heavy (non-hydrogen) atoms. The van der Waals surface area contributed by atoms with Gasteiger partial charge < -0.3 is 12.3 Å². The number of hydrogen-bond acceptors (Lipinski definition) is 0. The Labute approximate surface area is 54.4 Å². The molecule has 0 heterocycles. The molecule has 0 aromatic heterocycles. The van der Waals surface area contributed by atoms with Gasteiger partial charge in [-0.2, -0.15) is 0 Å². The molecule has 0 rings (SSSR count). The van der Waals surface area contributed by atoms with Gasteiger partial charge >= 0.3 is 21.1 Å². The van der Waals surface area contributed by atoms with Crippen molar-refractivity contribution in [3.8, 4) is 0 Å². The second kappa shape index (κ2) is 27.8. The first-order valence-corrected chi connectivity index (χ1v) is 0. The largest absolute Gasteiger partial charge is 6.00 e. The Kier molecular flexibility index (Phi) is 404. The van der Waals surface area contributed by atoms with E-state index in [1.807, 2.05) is 0 Å². The van der Waals surface area contributed by atoms with E-state index in [9.17, 15) is 0 Å². The van der Waals surface area contributed by atoms with Crippen LogP contribution in [0.1, 0.15) is 0 Å². The molecule has 0 saturated heterocycles. The van der Waals surface area contributed by atoms with Crippen molar-refractivity contribution >= 4 is 0 Å². The summed E-state index contributed by atoms with van der Waals surface area (Å²) in [5.74, 6) is 0. The predicted octanol–water partition coefficient (Wildman–Crippen LogP) is 0.572. The van der Waals surface area contributed by atoms with Gasteiger partial charge in [-0.1, -0.05) is 0 Å². The molecule has 0 N–H and O–H groups in total. The monoisotopic (exact) mass is 396 g/mol. The van der Waals surface area contributed by atoms with Crippen molar-refractivity contribution in [2.24, 2.45) is 0 Å². The summed E-state index contributed by atoms with van der Waals surface area (Å²) in [6.45, 7) is 0. The molecule has 0 bridgehead atoms. The summed E-state index contributed by atoms with van der Waals surface area (Å²) in [5.41, 5.74) is 0. The topological polar surface area (TPSA) is 61.0 Å². The second-order valence-electron chi connectivity index (χ2n) is 0. The van der Waals surface area contributed by atoms with Gasteiger partial charge in [-0.15, -0.1) is 0 Å². The predicted molar refractivity (Wildman–Crippen MR) is 6.72 cm³/mol. The molecule has 0 unspecified atom stereocenters. The molecular weight excluding hydrogens is 396 g/mol. The first-order valence-electron chi connectivity index (χ1n) is 0. The van der Waals surface area contributed by atoms with E-state index in [-0.39, 0.29) is 54.4 Å². The van der Waals surface area contributed by atoms with E-state index >= 15 is 0 Å². The van der Waals surface area contributed by atoms with Crippen LogP contribution in [0.25, 0.3) is 12.3 Å². The second-order valence-corrected chi connectivity index (χ2v) is 0. The molecule has 4 heteroatoms. The van der Waals surface area contributed by atoms with Crippen LogP contribution in [0.2, 0.25) is 0 Å². The molecule has 0 aliphatic heterocycles. The van der Waals surface area contributed by atoms with Crippen LogP contribution in [0.15, 0.2) is 0 Å². The van der Waals surface area contributed by atoms with Gasteiger partial charge in [0.05, 0.1) is 0 Å². The Morgan fingerprint density at radius 1 is 0.750 bits per heavy atom. The van der Waals surface area contributed by atoms with Crippen molar-refractivity contribution in [2.45, 2.75) is 0 Å². The van der Waals surface area contributed by atoms with Crippen molar-refractivity contribution in [3.05, 3.63) is 12.3 Å². The third-order valence-corrected chi connectivity index (χ3v) is 0. The maximum atomic E-state index is 0. The summed E-state index contributed by atoms with van der Waals surface area (Å²) in [7, 11) is 0. The minimum absolute atomic E-state index is 0. The van der Waals surface area contributed by atoms with Crippen LogP contribution < -0.4 is 0 Å². The van der Waals surface area contributed by atoms with Crippen LogP contribution in [-0.2, 0) is 42.1 Å². The molecule has 2 nitrogen and oxygen atoms in total. The Morgan fingerprint density at radius 2 is 0.750 bits per heavy atom. The van der Waals surface area contributed by atoms with E-state index in [4.69, 9.17) is 0 Å². The number of hydrogen-bond donors (Lipinski definition) is 0. The molecule has 0 atom stereocenters. The zero-order valence-electron chi connectivity index (χ0n) is 1.71. The van der Waals surface area contributed by atoms with Crippen molar-refractivity contribution in [2.75, 3.05) is 0 Å². The van der Waals surface area contributed by atoms with Crippen molar-refractivity contribution in [1.82, 2.24) is 0 Å². The minimum atomic E-state index is 0. The first kappa shape index (κ1) is 58.2. The van der Waals surface area contributed by atoms with E-state index in [0.717, 1.165) is 0 Å². The Morgan fingerprint density at radius 3 is 0.750 bits per heavy atom. The zero-order valence-corrected chi connectivity index (χ0v) is 7.58. The normalized spacial score (nSPS) is 0. The van der Waals surface area contributed by atoms with Crippen LogP contribution in [-0.4, -0.2) is 0 Å². The third-order valence-electron chi connectivity index (χ3n) is 0. The van der Waals surface area contributed by atoms with Gasteiger partial charge in [0.25, 0.3) is 0 Å². The standard InChI is InChI=1S/2N.2W/q2*-3;;+6. The molecule has 0 spiro atoms. The van der Waals surface area contributed by atoms with Crippen LogP contribution in [0.4, 0.5) is 0 Å². The maximum Gasteiger partial charge on any atom is 6.00 e. The van der Waals surface area contributed by atoms with Gasteiger partial charge in [0.1, 0.15) is 0 Å². The fraction of sp³-hybridized carbons (Fsp3) is 0. The fourth-order valence-electron chi connectivity index (χ4n) is 0. The molecule has 0 amide bonds. The van der Waals surface area contributed by atoms with Gasteiger partial charge in [-0.05, 0) is 0 Å². The smallest absolute Gasteiger partial charge is 3.00 e. The molecule has 0 aliphatic carbocycles. The summed E-state index contributed by atoms with van der Waals surface area (Å²) >= 11 is 0. The molecule has 0 radical (unpaired) electrons. The third kappa shape index (κ3) is 10.3. The molecular formula is N2W2.